The van der Waals surface area contributed by atoms with Crippen LogP contribution in [0.1, 0.15) is 23.3 Å². The summed E-state index contributed by atoms with van der Waals surface area (Å²) >= 11 is 5.97. The molecule has 3 rings (SSSR count). The number of nitrogens with two attached hydrogens (primary N) is 1. The fourth-order valence-corrected chi connectivity index (χ4v) is 2.65. The first-order valence-corrected chi connectivity index (χ1v) is 7.38. The number of piperidine rings is 1. The van der Waals surface area contributed by atoms with E-state index in [1.54, 1.807) is 23.0 Å². The second-order valence-electron chi connectivity index (χ2n) is 5.26. The molecule has 1 aliphatic rings. The molecule has 2 N–H and O–H groups in total. The van der Waals surface area contributed by atoms with Gasteiger partial charge in [-0.2, -0.15) is 5.10 Å². The maximum atomic E-state index is 12.4. The number of carbonyl (C=O) groups excluding carboxylic acids is 1. The second-order valence-corrected chi connectivity index (χ2v) is 5.69. The molecule has 110 valence electrons. The Bertz CT molecular complexity index is 647. The molecule has 0 spiro atoms. The van der Waals surface area contributed by atoms with E-state index in [1.165, 1.54) is 0 Å². The first kappa shape index (κ1) is 14.1. The Morgan fingerprint density at radius 3 is 2.76 bits per heavy atom. The zero-order valence-corrected chi connectivity index (χ0v) is 12.3. The minimum absolute atomic E-state index is 0.0392. The van der Waals surface area contributed by atoms with E-state index in [0.29, 0.717) is 23.8 Å². The van der Waals surface area contributed by atoms with Gasteiger partial charge >= 0.3 is 0 Å². The van der Waals surface area contributed by atoms with E-state index in [-0.39, 0.29) is 11.9 Å². The van der Waals surface area contributed by atoms with E-state index < -0.39 is 0 Å². The zero-order chi connectivity index (χ0) is 14.8. The normalized spacial score (nSPS) is 16.2. The maximum Gasteiger partial charge on any atom is 0.274 e. The summed E-state index contributed by atoms with van der Waals surface area (Å²) < 4.78 is 1.66. The average Bonchev–Trinajstić information content (AvgIpc) is 2.97. The number of nitrogens with zero attached hydrogens (tertiary/aromatic N) is 3. The highest BCUT2D eigenvalue weighted by atomic mass is 35.5. The molecule has 1 amide bonds. The highest BCUT2D eigenvalue weighted by Gasteiger charge is 2.23. The summed E-state index contributed by atoms with van der Waals surface area (Å²) in [4.78, 5) is 14.2. The van der Waals surface area contributed by atoms with E-state index in [4.69, 9.17) is 17.3 Å². The molecule has 0 saturated carbocycles. The Balaban J connectivity index is 1.77. The molecule has 21 heavy (non-hydrogen) atoms. The molecule has 1 aromatic carbocycles. The van der Waals surface area contributed by atoms with Gasteiger partial charge < -0.3 is 10.6 Å². The lowest BCUT2D eigenvalue weighted by atomic mass is 10.1. The number of amides is 1. The fourth-order valence-electron chi connectivity index (χ4n) is 2.46. The van der Waals surface area contributed by atoms with Crippen LogP contribution in [0.3, 0.4) is 0 Å². The van der Waals surface area contributed by atoms with Crippen molar-refractivity contribution in [1.29, 1.82) is 0 Å². The first-order chi connectivity index (χ1) is 10.1. The molecule has 2 heterocycles. The van der Waals surface area contributed by atoms with Gasteiger partial charge in [0.15, 0.2) is 5.69 Å². The smallest absolute Gasteiger partial charge is 0.274 e. The van der Waals surface area contributed by atoms with Gasteiger partial charge in [-0.3, -0.25) is 4.79 Å². The van der Waals surface area contributed by atoms with E-state index in [2.05, 4.69) is 5.10 Å². The number of hydrogen-bond donors (Lipinski definition) is 1. The minimum atomic E-state index is -0.0392. The lowest BCUT2D eigenvalue weighted by molar-refractivity contribution is 0.0708. The molecule has 1 saturated heterocycles. The average molecular weight is 305 g/mol. The van der Waals surface area contributed by atoms with Gasteiger partial charge in [0.05, 0.1) is 5.69 Å². The van der Waals surface area contributed by atoms with E-state index in [9.17, 15) is 4.79 Å². The number of aromatic nitrogens is 2. The molecule has 0 radical (unpaired) electrons. The van der Waals surface area contributed by atoms with Crippen LogP contribution in [-0.2, 0) is 0 Å². The van der Waals surface area contributed by atoms with Crippen LogP contribution >= 0.6 is 11.6 Å². The zero-order valence-electron chi connectivity index (χ0n) is 11.6. The Kier molecular flexibility index (Phi) is 3.94. The lowest BCUT2D eigenvalue weighted by Gasteiger charge is -2.29. The quantitative estimate of drug-likeness (QED) is 0.924. The van der Waals surface area contributed by atoms with Crippen molar-refractivity contribution in [2.75, 3.05) is 13.1 Å². The van der Waals surface area contributed by atoms with Crippen molar-refractivity contribution in [3.05, 3.63) is 47.2 Å². The van der Waals surface area contributed by atoms with Crippen LogP contribution in [0.25, 0.3) is 5.69 Å². The topological polar surface area (TPSA) is 64.2 Å². The molecule has 2 aromatic rings. The van der Waals surface area contributed by atoms with E-state index in [0.717, 1.165) is 18.5 Å². The van der Waals surface area contributed by atoms with Crippen LogP contribution in [0.2, 0.25) is 5.02 Å². The summed E-state index contributed by atoms with van der Waals surface area (Å²) in [5.41, 5.74) is 7.14. The SMILES string of the molecule is NC1CCN(C(=O)c2ccn(-c3cccc(Cl)c3)n2)CC1. The third-order valence-corrected chi connectivity index (χ3v) is 3.94. The van der Waals surface area contributed by atoms with Gasteiger partial charge in [-0.1, -0.05) is 17.7 Å². The molecule has 1 fully saturated rings. The van der Waals surface area contributed by atoms with Crippen LogP contribution in [0.5, 0.6) is 0 Å². The molecule has 5 nitrogen and oxygen atoms in total. The Morgan fingerprint density at radius 2 is 2.05 bits per heavy atom. The highest BCUT2D eigenvalue weighted by Crippen LogP contribution is 2.16. The Hall–Kier alpha value is -1.85. The molecule has 0 unspecified atom stereocenters. The van der Waals surface area contributed by atoms with Crippen molar-refractivity contribution in [3.8, 4) is 5.69 Å². The predicted octanol–water partition coefficient (Wildman–Crippen LogP) is 2.09. The number of likely N-dealkylation sites (tertiary alicyclic amines) is 1. The molecule has 1 aromatic heterocycles. The molecular formula is C15H17ClN4O. The lowest BCUT2D eigenvalue weighted by Crippen LogP contribution is -2.43. The molecule has 0 atom stereocenters. The second kappa shape index (κ2) is 5.87. The summed E-state index contributed by atoms with van der Waals surface area (Å²) in [5, 5.41) is 4.99. The van der Waals surface area contributed by atoms with Gasteiger partial charge in [-0.15, -0.1) is 0 Å². The molecule has 1 aliphatic heterocycles. The van der Waals surface area contributed by atoms with Crippen LogP contribution in [-0.4, -0.2) is 39.7 Å². The Morgan fingerprint density at radius 1 is 1.29 bits per heavy atom. The van der Waals surface area contributed by atoms with Gasteiger partial charge in [0.25, 0.3) is 5.91 Å². The Labute approximate surface area is 128 Å². The van der Waals surface area contributed by atoms with Crippen LogP contribution in [0.4, 0.5) is 0 Å². The largest absolute Gasteiger partial charge is 0.337 e. The van der Waals surface area contributed by atoms with Crippen LogP contribution in [0, 0.1) is 0 Å². The summed E-state index contributed by atoms with van der Waals surface area (Å²) in [6, 6.07) is 9.30. The summed E-state index contributed by atoms with van der Waals surface area (Å²) in [5.74, 6) is -0.0392. The van der Waals surface area contributed by atoms with Gasteiger partial charge in [-0.05, 0) is 37.1 Å². The number of hydrogen-bond acceptors (Lipinski definition) is 3. The van der Waals surface area contributed by atoms with Gasteiger partial charge in [0, 0.05) is 30.4 Å². The fraction of sp³-hybridized carbons (Fsp3) is 0.333. The third kappa shape index (κ3) is 3.09. The number of halogens is 1. The van der Waals surface area contributed by atoms with Gasteiger partial charge in [-0.25, -0.2) is 4.68 Å². The minimum Gasteiger partial charge on any atom is -0.337 e. The van der Waals surface area contributed by atoms with Crippen LogP contribution < -0.4 is 5.73 Å². The van der Waals surface area contributed by atoms with Crippen molar-refractivity contribution in [3.63, 3.8) is 0 Å². The van der Waals surface area contributed by atoms with E-state index >= 15 is 0 Å². The van der Waals surface area contributed by atoms with Gasteiger partial charge in [0.1, 0.15) is 0 Å². The third-order valence-electron chi connectivity index (χ3n) is 3.71. The van der Waals surface area contributed by atoms with Crippen molar-refractivity contribution in [1.82, 2.24) is 14.7 Å². The van der Waals surface area contributed by atoms with Gasteiger partial charge in [0.2, 0.25) is 0 Å². The standard InChI is InChI=1S/C15H17ClN4O/c16-11-2-1-3-13(10-11)20-9-6-14(18-20)15(21)19-7-4-12(17)5-8-19/h1-3,6,9-10,12H,4-5,7-8,17H2. The van der Waals surface area contributed by atoms with Crippen molar-refractivity contribution >= 4 is 17.5 Å². The first-order valence-electron chi connectivity index (χ1n) is 7.00. The molecule has 0 aliphatic carbocycles. The van der Waals surface area contributed by atoms with Crippen LogP contribution in [0.15, 0.2) is 36.5 Å². The van der Waals surface area contributed by atoms with E-state index in [1.807, 2.05) is 23.1 Å². The van der Waals surface area contributed by atoms with Crippen molar-refractivity contribution in [2.45, 2.75) is 18.9 Å². The highest BCUT2D eigenvalue weighted by molar-refractivity contribution is 6.30. The van der Waals surface area contributed by atoms with Crippen molar-refractivity contribution in [2.24, 2.45) is 5.73 Å². The number of carbonyl (C=O) groups is 1. The predicted molar refractivity (Wildman–Crippen MR) is 81.7 cm³/mol. The maximum absolute atomic E-state index is 12.4. The summed E-state index contributed by atoms with van der Waals surface area (Å²) in [6.07, 6.45) is 3.47. The number of rotatable bonds is 2. The molecule has 6 heteroatoms. The van der Waals surface area contributed by atoms with Crippen molar-refractivity contribution < 1.29 is 4.79 Å². The molecule has 0 bridgehead atoms. The summed E-state index contributed by atoms with van der Waals surface area (Å²) in [7, 11) is 0. The monoisotopic (exact) mass is 304 g/mol. The molecular weight excluding hydrogens is 288 g/mol. The number of benzene rings is 1. The summed E-state index contributed by atoms with van der Waals surface area (Å²) in [6.45, 7) is 1.40.